The molecule has 0 spiro atoms. The molecular weight excluding hydrogens is 350 g/mol. The van der Waals surface area contributed by atoms with Crippen LogP contribution in [0.5, 0.6) is 5.75 Å². The van der Waals surface area contributed by atoms with Crippen LogP contribution in [0, 0.1) is 6.92 Å². The Balaban J connectivity index is 1.62. The summed E-state index contributed by atoms with van der Waals surface area (Å²) in [5.41, 5.74) is 3.04. The van der Waals surface area contributed by atoms with Crippen molar-refractivity contribution >= 4 is 29.1 Å². The van der Waals surface area contributed by atoms with Gasteiger partial charge in [-0.15, -0.1) is 5.10 Å². The summed E-state index contributed by atoms with van der Waals surface area (Å²) in [6, 6.07) is 13.6. The minimum atomic E-state index is 0.428. The number of aryl methyl sites for hydroxylation is 1. The maximum absolute atomic E-state index is 5.98. The Labute approximate surface area is 157 Å². The van der Waals surface area contributed by atoms with Gasteiger partial charge < -0.3 is 15.4 Å². The highest BCUT2D eigenvalue weighted by Crippen LogP contribution is 2.22. The molecule has 1 aromatic heterocycles. The van der Waals surface area contributed by atoms with Crippen LogP contribution in [-0.2, 0) is 6.42 Å². The molecule has 3 rings (SSSR count). The van der Waals surface area contributed by atoms with Crippen LogP contribution in [0.1, 0.15) is 11.1 Å². The molecule has 2 aromatic carbocycles. The van der Waals surface area contributed by atoms with Crippen LogP contribution >= 0.6 is 11.6 Å². The van der Waals surface area contributed by atoms with Crippen molar-refractivity contribution < 1.29 is 4.74 Å². The molecule has 0 radical (unpaired) electrons. The SMILES string of the molecule is COc1ccccc1CCNc1cnnc(Nc2ccc(Cl)cc2C)n1. The van der Waals surface area contributed by atoms with Crippen molar-refractivity contribution in [2.45, 2.75) is 13.3 Å². The van der Waals surface area contributed by atoms with Gasteiger partial charge in [-0.1, -0.05) is 29.8 Å². The number of hydrogen-bond acceptors (Lipinski definition) is 6. The van der Waals surface area contributed by atoms with E-state index in [9.17, 15) is 0 Å². The Morgan fingerprint density at radius 1 is 1.15 bits per heavy atom. The quantitative estimate of drug-likeness (QED) is 0.649. The first kappa shape index (κ1) is 17.9. The number of aromatic nitrogens is 3. The number of nitrogens with one attached hydrogen (secondary N) is 2. The molecule has 7 heteroatoms. The topological polar surface area (TPSA) is 72.0 Å². The Morgan fingerprint density at radius 2 is 2.00 bits per heavy atom. The lowest BCUT2D eigenvalue weighted by Crippen LogP contribution is -2.09. The summed E-state index contributed by atoms with van der Waals surface area (Å²) >= 11 is 5.98. The first-order valence-corrected chi connectivity index (χ1v) is 8.62. The molecule has 0 unspecified atom stereocenters. The molecule has 0 saturated heterocycles. The third-order valence-corrected chi connectivity index (χ3v) is 4.12. The number of nitrogens with zero attached hydrogens (tertiary/aromatic N) is 3. The largest absolute Gasteiger partial charge is 0.496 e. The summed E-state index contributed by atoms with van der Waals surface area (Å²) in [5, 5.41) is 15.1. The number of halogens is 1. The third-order valence-electron chi connectivity index (χ3n) is 3.89. The summed E-state index contributed by atoms with van der Waals surface area (Å²) in [6.45, 7) is 2.68. The average molecular weight is 370 g/mol. The van der Waals surface area contributed by atoms with E-state index >= 15 is 0 Å². The van der Waals surface area contributed by atoms with Crippen molar-refractivity contribution in [3.63, 3.8) is 0 Å². The molecule has 0 aliphatic carbocycles. The molecular formula is C19H20ClN5O. The molecule has 3 aromatic rings. The van der Waals surface area contributed by atoms with E-state index in [0.29, 0.717) is 23.3 Å². The lowest BCUT2D eigenvalue weighted by Gasteiger charge is -2.11. The monoisotopic (exact) mass is 369 g/mol. The highest BCUT2D eigenvalue weighted by atomic mass is 35.5. The number of hydrogen-bond donors (Lipinski definition) is 2. The van der Waals surface area contributed by atoms with Gasteiger partial charge in [0.1, 0.15) is 5.75 Å². The highest BCUT2D eigenvalue weighted by Gasteiger charge is 2.05. The van der Waals surface area contributed by atoms with E-state index in [4.69, 9.17) is 16.3 Å². The van der Waals surface area contributed by atoms with Crippen LogP contribution in [0.4, 0.5) is 17.5 Å². The third kappa shape index (κ3) is 4.61. The van der Waals surface area contributed by atoms with Crippen LogP contribution in [0.2, 0.25) is 5.02 Å². The molecule has 134 valence electrons. The van der Waals surface area contributed by atoms with Crippen LogP contribution in [-0.4, -0.2) is 28.8 Å². The van der Waals surface area contributed by atoms with Gasteiger partial charge in [0.2, 0.25) is 5.95 Å². The van der Waals surface area contributed by atoms with Gasteiger partial charge in [0.05, 0.1) is 13.3 Å². The summed E-state index contributed by atoms with van der Waals surface area (Å²) in [6.07, 6.45) is 2.41. The first-order valence-electron chi connectivity index (χ1n) is 8.24. The van der Waals surface area contributed by atoms with Gasteiger partial charge in [-0.05, 0) is 48.7 Å². The van der Waals surface area contributed by atoms with E-state index in [0.717, 1.165) is 29.0 Å². The van der Waals surface area contributed by atoms with Gasteiger partial charge in [0.25, 0.3) is 0 Å². The fraction of sp³-hybridized carbons (Fsp3) is 0.211. The van der Waals surface area contributed by atoms with E-state index in [2.05, 4.69) is 31.9 Å². The number of ether oxygens (including phenoxy) is 1. The molecule has 0 bridgehead atoms. The highest BCUT2D eigenvalue weighted by molar-refractivity contribution is 6.30. The van der Waals surface area contributed by atoms with Gasteiger partial charge in [-0.25, -0.2) is 0 Å². The van der Waals surface area contributed by atoms with Crippen LogP contribution in [0.3, 0.4) is 0 Å². The second kappa shape index (κ2) is 8.49. The Bertz CT molecular complexity index is 887. The van der Waals surface area contributed by atoms with Gasteiger partial charge in [0, 0.05) is 17.3 Å². The van der Waals surface area contributed by atoms with Gasteiger partial charge in [0.15, 0.2) is 5.82 Å². The Hall–Kier alpha value is -2.86. The summed E-state index contributed by atoms with van der Waals surface area (Å²) < 4.78 is 5.37. The van der Waals surface area contributed by atoms with Crippen molar-refractivity contribution in [3.05, 3.63) is 64.8 Å². The minimum Gasteiger partial charge on any atom is -0.496 e. The molecule has 1 heterocycles. The summed E-state index contributed by atoms with van der Waals surface area (Å²) in [7, 11) is 1.68. The smallest absolute Gasteiger partial charge is 0.249 e. The van der Waals surface area contributed by atoms with E-state index in [-0.39, 0.29) is 0 Å². The molecule has 0 saturated carbocycles. The van der Waals surface area contributed by atoms with Crippen LogP contribution in [0.25, 0.3) is 0 Å². The molecule has 2 N–H and O–H groups in total. The van der Waals surface area contributed by atoms with Crippen LogP contribution < -0.4 is 15.4 Å². The first-order chi connectivity index (χ1) is 12.7. The summed E-state index contributed by atoms with van der Waals surface area (Å²) in [5.74, 6) is 1.97. The molecule has 26 heavy (non-hydrogen) atoms. The zero-order valence-corrected chi connectivity index (χ0v) is 15.4. The molecule has 0 aliphatic rings. The normalized spacial score (nSPS) is 10.4. The van der Waals surface area contributed by atoms with E-state index in [1.807, 2.05) is 43.3 Å². The van der Waals surface area contributed by atoms with Crippen molar-refractivity contribution in [1.29, 1.82) is 0 Å². The Morgan fingerprint density at radius 3 is 2.81 bits per heavy atom. The van der Waals surface area contributed by atoms with Gasteiger partial charge >= 0.3 is 0 Å². The zero-order valence-electron chi connectivity index (χ0n) is 14.7. The van der Waals surface area contributed by atoms with Crippen molar-refractivity contribution in [3.8, 4) is 5.75 Å². The van der Waals surface area contributed by atoms with E-state index < -0.39 is 0 Å². The molecule has 0 aliphatic heterocycles. The molecule has 6 nitrogen and oxygen atoms in total. The second-order valence-corrected chi connectivity index (χ2v) is 6.17. The fourth-order valence-electron chi connectivity index (χ4n) is 2.56. The van der Waals surface area contributed by atoms with Gasteiger partial charge in [-0.3, -0.25) is 0 Å². The maximum atomic E-state index is 5.98. The predicted octanol–water partition coefficient (Wildman–Crippen LogP) is 4.24. The lowest BCUT2D eigenvalue weighted by molar-refractivity contribution is 0.410. The number of rotatable bonds is 7. The van der Waals surface area contributed by atoms with E-state index in [1.54, 1.807) is 13.3 Å². The molecule has 0 fully saturated rings. The second-order valence-electron chi connectivity index (χ2n) is 5.74. The maximum Gasteiger partial charge on any atom is 0.249 e. The lowest BCUT2D eigenvalue weighted by atomic mass is 10.1. The predicted molar refractivity (Wildman–Crippen MR) is 104 cm³/mol. The van der Waals surface area contributed by atoms with Crippen molar-refractivity contribution in [1.82, 2.24) is 15.2 Å². The van der Waals surface area contributed by atoms with Crippen molar-refractivity contribution in [2.24, 2.45) is 0 Å². The standard InChI is InChI=1S/C19H20ClN5O/c1-13-11-15(20)7-8-16(13)23-19-24-18(12-22-25-19)21-10-9-14-5-3-4-6-17(14)26-2/h3-8,11-12H,9-10H2,1-2H3,(H2,21,23,24,25). The number of methoxy groups -OCH3 is 1. The molecule has 0 atom stereocenters. The Kier molecular flexibility index (Phi) is 5.86. The minimum absolute atomic E-state index is 0.428. The van der Waals surface area contributed by atoms with E-state index in [1.165, 1.54) is 0 Å². The molecule has 0 amide bonds. The average Bonchev–Trinajstić information content (AvgIpc) is 2.65. The fourth-order valence-corrected chi connectivity index (χ4v) is 2.79. The summed E-state index contributed by atoms with van der Waals surface area (Å²) in [4.78, 5) is 4.45. The van der Waals surface area contributed by atoms with Crippen molar-refractivity contribution in [2.75, 3.05) is 24.3 Å². The number of benzene rings is 2. The zero-order chi connectivity index (χ0) is 18.4. The number of para-hydroxylation sites is 1. The number of anilines is 3. The van der Waals surface area contributed by atoms with Gasteiger partial charge in [-0.2, -0.15) is 10.1 Å². The van der Waals surface area contributed by atoms with Crippen LogP contribution in [0.15, 0.2) is 48.7 Å².